The summed E-state index contributed by atoms with van der Waals surface area (Å²) in [6, 6.07) is 2.52. The SMILES string of the molecule is COCc1nc(Cl)cc(N2CC3CCC2C3)n1. The number of halogens is 1. The van der Waals surface area contributed by atoms with Gasteiger partial charge in [0.1, 0.15) is 17.6 Å². The van der Waals surface area contributed by atoms with E-state index in [2.05, 4.69) is 14.9 Å². The molecule has 0 aromatic carbocycles. The Bertz CT molecular complexity index is 426. The zero-order chi connectivity index (χ0) is 11.8. The van der Waals surface area contributed by atoms with Crippen LogP contribution in [0.1, 0.15) is 25.1 Å². The first-order valence-electron chi connectivity index (χ1n) is 6.05. The van der Waals surface area contributed by atoms with Crippen LogP contribution < -0.4 is 4.90 Å². The molecule has 2 unspecified atom stereocenters. The molecule has 1 aromatic heterocycles. The minimum absolute atomic E-state index is 0.412. The maximum absolute atomic E-state index is 6.03. The molecule has 2 aliphatic rings. The van der Waals surface area contributed by atoms with Crippen LogP contribution in [0.5, 0.6) is 0 Å². The summed E-state index contributed by atoms with van der Waals surface area (Å²) in [5.74, 6) is 2.47. The van der Waals surface area contributed by atoms with E-state index in [0.29, 0.717) is 23.6 Å². The van der Waals surface area contributed by atoms with Crippen LogP contribution in [0.4, 0.5) is 5.82 Å². The molecule has 1 aliphatic carbocycles. The molecule has 1 aliphatic heterocycles. The van der Waals surface area contributed by atoms with E-state index in [1.165, 1.54) is 19.3 Å². The first-order chi connectivity index (χ1) is 8.26. The van der Waals surface area contributed by atoms with Gasteiger partial charge in [-0.25, -0.2) is 9.97 Å². The molecule has 1 saturated heterocycles. The molecule has 2 bridgehead atoms. The van der Waals surface area contributed by atoms with Gasteiger partial charge >= 0.3 is 0 Å². The highest BCUT2D eigenvalue weighted by molar-refractivity contribution is 6.29. The zero-order valence-corrected chi connectivity index (χ0v) is 10.7. The smallest absolute Gasteiger partial charge is 0.158 e. The van der Waals surface area contributed by atoms with Crippen molar-refractivity contribution in [3.8, 4) is 0 Å². The molecule has 2 fully saturated rings. The van der Waals surface area contributed by atoms with E-state index < -0.39 is 0 Å². The number of fused-ring (bicyclic) bond motifs is 2. The molecule has 0 radical (unpaired) electrons. The summed E-state index contributed by atoms with van der Waals surface area (Å²) in [4.78, 5) is 11.1. The van der Waals surface area contributed by atoms with E-state index in [4.69, 9.17) is 16.3 Å². The monoisotopic (exact) mass is 253 g/mol. The van der Waals surface area contributed by atoms with Crippen LogP contribution in [0, 0.1) is 5.92 Å². The topological polar surface area (TPSA) is 38.2 Å². The molecule has 0 N–H and O–H groups in total. The second kappa shape index (κ2) is 4.42. The summed E-state index contributed by atoms with van der Waals surface area (Å²) in [5, 5.41) is 0.504. The van der Waals surface area contributed by atoms with E-state index in [1.807, 2.05) is 6.07 Å². The Balaban J connectivity index is 1.87. The van der Waals surface area contributed by atoms with Gasteiger partial charge in [0.05, 0.1) is 0 Å². The average Bonchev–Trinajstić information content (AvgIpc) is 2.90. The Hall–Kier alpha value is -0.870. The van der Waals surface area contributed by atoms with Gasteiger partial charge < -0.3 is 9.64 Å². The van der Waals surface area contributed by atoms with Crippen molar-refractivity contribution in [3.05, 3.63) is 17.0 Å². The number of piperidine rings is 1. The molecular weight excluding hydrogens is 238 g/mol. The minimum atomic E-state index is 0.412. The van der Waals surface area contributed by atoms with Crippen molar-refractivity contribution in [1.82, 2.24) is 9.97 Å². The molecule has 1 aromatic rings. The Morgan fingerprint density at radius 2 is 2.35 bits per heavy atom. The van der Waals surface area contributed by atoms with Gasteiger partial charge in [0, 0.05) is 25.8 Å². The predicted octanol–water partition coefficient (Wildman–Crippen LogP) is 2.27. The second-order valence-corrected chi connectivity index (χ2v) is 5.27. The lowest BCUT2D eigenvalue weighted by molar-refractivity contribution is 0.178. The summed E-state index contributed by atoms with van der Waals surface area (Å²) in [6.07, 6.45) is 3.96. The van der Waals surface area contributed by atoms with Crippen molar-refractivity contribution >= 4 is 17.4 Å². The van der Waals surface area contributed by atoms with Crippen LogP contribution in [0.3, 0.4) is 0 Å². The number of ether oxygens (including phenoxy) is 1. The molecular formula is C12H16ClN3O. The highest BCUT2D eigenvalue weighted by Crippen LogP contribution is 2.39. The molecule has 5 heteroatoms. The number of hydrogen-bond donors (Lipinski definition) is 0. The third-order valence-corrected chi connectivity index (χ3v) is 3.90. The van der Waals surface area contributed by atoms with Crippen LogP contribution in [0.25, 0.3) is 0 Å². The largest absolute Gasteiger partial charge is 0.377 e. The maximum Gasteiger partial charge on any atom is 0.158 e. The molecule has 4 nitrogen and oxygen atoms in total. The third-order valence-electron chi connectivity index (χ3n) is 3.70. The number of anilines is 1. The Labute approximate surface area is 106 Å². The summed E-state index contributed by atoms with van der Waals surface area (Å²) >= 11 is 6.03. The average molecular weight is 254 g/mol. The van der Waals surface area contributed by atoms with Gasteiger partial charge in [-0.15, -0.1) is 0 Å². The van der Waals surface area contributed by atoms with Gasteiger partial charge in [-0.2, -0.15) is 0 Å². The molecule has 92 valence electrons. The van der Waals surface area contributed by atoms with Gasteiger partial charge in [0.15, 0.2) is 5.82 Å². The van der Waals surface area contributed by atoms with Crippen LogP contribution in [0.15, 0.2) is 6.07 Å². The Morgan fingerprint density at radius 3 is 3.00 bits per heavy atom. The van der Waals surface area contributed by atoms with Gasteiger partial charge in [-0.3, -0.25) is 0 Å². The number of rotatable bonds is 3. The lowest BCUT2D eigenvalue weighted by Crippen LogP contribution is -2.32. The summed E-state index contributed by atoms with van der Waals surface area (Å²) < 4.78 is 5.06. The van der Waals surface area contributed by atoms with E-state index in [9.17, 15) is 0 Å². The lowest BCUT2D eigenvalue weighted by Gasteiger charge is -2.28. The van der Waals surface area contributed by atoms with Crippen LogP contribution >= 0.6 is 11.6 Å². The number of nitrogens with zero attached hydrogens (tertiary/aromatic N) is 3. The normalized spacial score (nSPS) is 26.8. The van der Waals surface area contributed by atoms with E-state index in [1.54, 1.807) is 7.11 Å². The number of methoxy groups -OCH3 is 1. The summed E-state index contributed by atoms with van der Waals surface area (Å²) in [5.41, 5.74) is 0. The van der Waals surface area contributed by atoms with Gasteiger partial charge in [-0.1, -0.05) is 11.6 Å². The summed E-state index contributed by atoms with van der Waals surface area (Å²) in [6.45, 7) is 1.53. The van der Waals surface area contributed by atoms with Crippen molar-refractivity contribution in [3.63, 3.8) is 0 Å². The molecule has 1 saturated carbocycles. The summed E-state index contributed by atoms with van der Waals surface area (Å²) in [7, 11) is 1.64. The van der Waals surface area contributed by atoms with Gasteiger partial charge in [0.2, 0.25) is 0 Å². The lowest BCUT2D eigenvalue weighted by atomic mass is 10.1. The fraction of sp³-hybridized carbons (Fsp3) is 0.667. The van der Waals surface area contributed by atoms with Crippen molar-refractivity contribution in [2.75, 3.05) is 18.6 Å². The molecule has 0 amide bonds. The number of hydrogen-bond acceptors (Lipinski definition) is 4. The molecule has 2 heterocycles. The predicted molar refractivity (Wildman–Crippen MR) is 66.2 cm³/mol. The first kappa shape index (κ1) is 11.2. The van der Waals surface area contributed by atoms with E-state index in [0.717, 1.165) is 18.3 Å². The zero-order valence-electron chi connectivity index (χ0n) is 9.90. The van der Waals surface area contributed by atoms with Crippen molar-refractivity contribution < 1.29 is 4.74 Å². The molecule has 17 heavy (non-hydrogen) atoms. The molecule has 2 atom stereocenters. The van der Waals surface area contributed by atoms with Crippen molar-refractivity contribution in [2.24, 2.45) is 5.92 Å². The molecule has 0 spiro atoms. The standard InChI is InChI=1S/C12H16ClN3O/c1-17-7-11-14-10(13)5-12(15-11)16-6-8-2-3-9(16)4-8/h5,8-9H,2-4,6-7H2,1H3. The highest BCUT2D eigenvalue weighted by atomic mass is 35.5. The third kappa shape index (κ3) is 2.11. The van der Waals surface area contributed by atoms with Gasteiger partial charge in [-0.05, 0) is 25.2 Å². The number of aromatic nitrogens is 2. The second-order valence-electron chi connectivity index (χ2n) is 4.88. The van der Waals surface area contributed by atoms with Gasteiger partial charge in [0.25, 0.3) is 0 Å². The van der Waals surface area contributed by atoms with E-state index >= 15 is 0 Å². The van der Waals surface area contributed by atoms with Crippen molar-refractivity contribution in [1.29, 1.82) is 0 Å². The van der Waals surface area contributed by atoms with Crippen LogP contribution in [-0.2, 0) is 11.3 Å². The quantitative estimate of drug-likeness (QED) is 0.775. The van der Waals surface area contributed by atoms with Crippen LogP contribution in [-0.4, -0.2) is 29.7 Å². The Kier molecular flexibility index (Phi) is 2.92. The highest BCUT2D eigenvalue weighted by Gasteiger charge is 2.38. The first-order valence-corrected chi connectivity index (χ1v) is 6.43. The fourth-order valence-corrected chi connectivity index (χ4v) is 3.19. The van der Waals surface area contributed by atoms with E-state index in [-0.39, 0.29) is 0 Å². The maximum atomic E-state index is 6.03. The van der Waals surface area contributed by atoms with Crippen LogP contribution in [0.2, 0.25) is 5.15 Å². The molecule has 3 rings (SSSR count). The Morgan fingerprint density at radius 1 is 1.47 bits per heavy atom. The van der Waals surface area contributed by atoms with Crippen molar-refractivity contribution in [2.45, 2.75) is 31.9 Å². The fourth-order valence-electron chi connectivity index (χ4n) is 3.00. The minimum Gasteiger partial charge on any atom is -0.377 e.